The minimum absolute atomic E-state index is 0.00971. The van der Waals surface area contributed by atoms with E-state index in [0.717, 1.165) is 16.0 Å². The van der Waals surface area contributed by atoms with E-state index in [9.17, 15) is 19.7 Å². The summed E-state index contributed by atoms with van der Waals surface area (Å²) in [7, 11) is 0. The largest absolute Gasteiger partial charge is 0.490 e. The zero-order valence-electron chi connectivity index (χ0n) is 25.1. The maximum Gasteiger partial charge on any atom is 0.338 e. The Bertz CT molecular complexity index is 1950. The van der Waals surface area contributed by atoms with Gasteiger partial charge in [-0.05, 0) is 86.2 Å². The van der Waals surface area contributed by atoms with Crippen molar-refractivity contribution < 1.29 is 23.9 Å². The van der Waals surface area contributed by atoms with Gasteiger partial charge in [-0.2, -0.15) is 0 Å². The van der Waals surface area contributed by atoms with Crippen LogP contribution in [0.4, 0.5) is 5.69 Å². The number of carbonyl (C=O) groups is 1. The molecule has 0 unspecified atom stereocenters. The molecule has 1 aliphatic rings. The van der Waals surface area contributed by atoms with Crippen LogP contribution in [0.15, 0.2) is 92.7 Å². The molecular weight excluding hydrogens is 615 g/mol. The monoisotopic (exact) mass is 645 g/mol. The molecule has 45 heavy (non-hydrogen) atoms. The minimum Gasteiger partial charge on any atom is -0.490 e. The van der Waals surface area contributed by atoms with Crippen molar-refractivity contribution in [1.82, 2.24) is 4.57 Å². The second-order valence-electron chi connectivity index (χ2n) is 9.93. The number of nitrogens with zero attached hydrogens (tertiary/aromatic N) is 3. The predicted molar refractivity (Wildman–Crippen MR) is 174 cm³/mol. The first kappa shape index (κ1) is 31.7. The number of carbonyl (C=O) groups excluding carboxylic acids is 1. The van der Waals surface area contributed by atoms with Crippen molar-refractivity contribution in [3.8, 4) is 11.5 Å². The molecule has 0 aliphatic carbocycles. The van der Waals surface area contributed by atoms with Gasteiger partial charge in [-0.25, -0.2) is 9.79 Å². The molecule has 5 rings (SSSR count). The van der Waals surface area contributed by atoms with Gasteiger partial charge in [-0.3, -0.25) is 19.5 Å². The van der Waals surface area contributed by atoms with Crippen LogP contribution in [0.3, 0.4) is 0 Å². The maximum absolute atomic E-state index is 14.0. The first-order valence-corrected chi connectivity index (χ1v) is 16.2. The number of allylic oxidation sites excluding steroid dienone is 1. The highest BCUT2D eigenvalue weighted by Crippen LogP contribution is 2.32. The van der Waals surface area contributed by atoms with Gasteiger partial charge in [0, 0.05) is 17.0 Å². The summed E-state index contributed by atoms with van der Waals surface area (Å²) in [5, 5.41) is 10.9. The quantitative estimate of drug-likeness (QED) is 0.0919. The van der Waals surface area contributed by atoms with Gasteiger partial charge < -0.3 is 14.2 Å². The van der Waals surface area contributed by atoms with E-state index in [1.54, 1.807) is 60.5 Å². The van der Waals surface area contributed by atoms with Gasteiger partial charge in [0.05, 0.1) is 40.0 Å². The fourth-order valence-corrected chi connectivity index (χ4v) is 6.38. The van der Waals surface area contributed by atoms with Crippen LogP contribution in [-0.4, -0.2) is 34.9 Å². The van der Waals surface area contributed by atoms with Gasteiger partial charge in [0.1, 0.15) is 6.61 Å². The number of non-ortho nitro benzene ring substituents is 1. The summed E-state index contributed by atoms with van der Waals surface area (Å²) in [6, 6.07) is 18.6. The van der Waals surface area contributed by atoms with Crippen LogP contribution in [0.1, 0.15) is 43.5 Å². The van der Waals surface area contributed by atoms with Crippen molar-refractivity contribution in [1.29, 1.82) is 0 Å². The van der Waals surface area contributed by atoms with Crippen molar-refractivity contribution in [2.75, 3.05) is 19.5 Å². The van der Waals surface area contributed by atoms with Crippen molar-refractivity contribution in [2.45, 2.75) is 38.3 Å². The fraction of sp³-hybridized carbons (Fsp3) is 0.242. The van der Waals surface area contributed by atoms with E-state index >= 15 is 0 Å². The zero-order valence-corrected chi connectivity index (χ0v) is 26.8. The van der Waals surface area contributed by atoms with Crippen LogP contribution in [0.5, 0.6) is 11.5 Å². The Morgan fingerprint density at radius 1 is 1.04 bits per heavy atom. The molecule has 0 fully saturated rings. The summed E-state index contributed by atoms with van der Waals surface area (Å²) in [5.41, 5.74) is 2.84. The Morgan fingerprint density at radius 2 is 1.78 bits per heavy atom. The molecule has 1 atom stereocenters. The molecule has 0 spiro atoms. The Labute approximate surface area is 267 Å². The van der Waals surface area contributed by atoms with Crippen LogP contribution < -0.4 is 24.4 Å². The minimum atomic E-state index is -0.687. The normalized spacial score (nSPS) is 14.5. The standard InChI is InChI=1S/C33H31N3O7S2/c1-5-41-27-17-22(9-16-26(27)43-19-21-7-12-24(13-8-21)36(39)40)18-28-31(37)35-30(23-10-14-25(44-4)15-11-23)29(32(38)42-6-2)20(3)34-33(35)45-28/h7-18,30H,5-6,19H2,1-4H3/b28-18-/t30-/m0/s1. The van der Waals surface area contributed by atoms with Gasteiger partial charge >= 0.3 is 5.97 Å². The van der Waals surface area contributed by atoms with E-state index in [4.69, 9.17) is 14.2 Å². The number of benzene rings is 3. The third kappa shape index (κ3) is 6.86. The first-order valence-electron chi connectivity index (χ1n) is 14.2. The summed E-state index contributed by atoms with van der Waals surface area (Å²) in [5.74, 6) is 0.489. The van der Waals surface area contributed by atoms with Gasteiger partial charge in [0.25, 0.3) is 11.2 Å². The third-order valence-electron chi connectivity index (χ3n) is 7.06. The second-order valence-corrected chi connectivity index (χ2v) is 11.8. The van der Waals surface area contributed by atoms with E-state index in [1.807, 2.05) is 43.5 Å². The summed E-state index contributed by atoms with van der Waals surface area (Å²) in [6.07, 6.45) is 3.75. The lowest BCUT2D eigenvalue weighted by Gasteiger charge is -2.24. The Kier molecular flexibility index (Phi) is 9.84. The maximum atomic E-state index is 14.0. The molecule has 3 aromatic carbocycles. The SMILES string of the molecule is CCOC(=O)C1=C(C)N=c2s/c(=C\c3ccc(OCc4ccc([N+](=O)[O-])cc4)c(OCC)c3)c(=O)n2[C@H]1c1ccc(SC)cc1. The van der Waals surface area contributed by atoms with Crippen LogP contribution in [0, 0.1) is 10.1 Å². The number of thiazole rings is 1. The molecule has 1 aromatic heterocycles. The van der Waals surface area contributed by atoms with Gasteiger partial charge in [-0.15, -0.1) is 11.8 Å². The number of hydrogen-bond acceptors (Lipinski definition) is 10. The molecule has 0 N–H and O–H groups in total. The summed E-state index contributed by atoms with van der Waals surface area (Å²) >= 11 is 2.85. The highest BCUT2D eigenvalue weighted by molar-refractivity contribution is 7.98. The smallest absolute Gasteiger partial charge is 0.338 e. The summed E-state index contributed by atoms with van der Waals surface area (Å²) in [6.45, 7) is 6.15. The zero-order chi connectivity index (χ0) is 32.1. The van der Waals surface area contributed by atoms with E-state index in [0.29, 0.717) is 44.3 Å². The highest BCUT2D eigenvalue weighted by Gasteiger charge is 2.33. The first-order chi connectivity index (χ1) is 21.7. The second kappa shape index (κ2) is 14.0. The number of nitro benzene ring substituents is 1. The predicted octanol–water partition coefficient (Wildman–Crippen LogP) is 5.41. The number of rotatable bonds is 11. The fourth-order valence-electron chi connectivity index (χ4n) is 4.92. The molecule has 4 aromatic rings. The molecular formula is C33H31N3O7S2. The van der Waals surface area contributed by atoms with Gasteiger partial charge in [0.2, 0.25) is 0 Å². The van der Waals surface area contributed by atoms with Gasteiger partial charge in [0.15, 0.2) is 16.3 Å². The van der Waals surface area contributed by atoms with E-state index in [2.05, 4.69) is 4.99 Å². The Hall–Kier alpha value is -4.68. The van der Waals surface area contributed by atoms with Crippen LogP contribution in [0.25, 0.3) is 6.08 Å². The number of thioether (sulfide) groups is 1. The topological polar surface area (TPSA) is 122 Å². The number of nitro groups is 1. The number of esters is 1. The number of fused-ring (bicyclic) bond motifs is 1. The molecule has 0 bridgehead atoms. The molecule has 0 saturated heterocycles. The number of aromatic nitrogens is 1. The molecule has 0 radical (unpaired) electrons. The van der Waals surface area contributed by atoms with Crippen molar-refractivity contribution in [2.24, 2.45) is 4.99 Å². The molecule has 10 nitrogen and oxygen atoms in total. The summed E-state index contributed by atoms with van der Waals surface area (Å²) < 4.78 is 19.2. The van der Waals surface area contributed by atoms with E-state index in [-0.39, 0.29) is 24.5 Å². The Balaban J connectivity index is 1.51. The molecule has 1 aliphatic heterocycles. The third-order valence-corrected chi connectivity index (χ3v) is 8.78. The van der Waals surface area contributed by atoms with Crippen LogP contribution in [-0.2, 0) is 16.1 Å². The highest BCUT2D eigenvalue weighted by atomic mass is 32.2. The lowest BCUT2D eigenvalue weighted by atomic mass is 9.96. The number of ether oxygens (including phenoxy) is 3. The molecule has 0 saturated carbocycles. The lowest BCUT2D eigenvalue weighted by Crippen LogP contribution is -2.39. The van der Waals surface area contributed by atoms with Gasteiger partial charge in [-0.1, -0.05) is 29.5 Å². The number of hydrogen-bond donors (Lipinski definition) is 0. The van der Waals surface area contributed by atoms with Crippen molar-refractivity contribution >= 4 is 40.8 Å². The van der Waals surface area contributed by atoms with Crippen LogP contribution in [0.2, 0.25) is 0 Å². The van der Waals surface area contributed by atoms with Crippen LogP contribution >= 0.6 is 23.1 Å². The molecule has 232 valence electrons. The Morgan fingerprint density at radius 3 is 2.42 bits per heavy atom. The lowest BCUT2D eigenvalue weighted by molar-refractivity contribution is -0.384. The molecule has 12 heteroatoms. The average Bonchev–Trinajstić information content (AvgIpc) is 3.34. The van der Waals surface area contributed by atoms with E-state index in [1.165, 1.54) is 23.5 Å². The van der Waals surface area contributed by atoms with Crippen molar-refractivity contribution in [3.05, 3.63) is 124 Å². The molecule has 0 amide bonds. The average molecular weight is 646 g/mol. The molecule has 2 heterocycles. The summed E-state index contributed by atoms with van der Waals surface area (Å²) in [4.78, 5) is 43.8. The van der Waals surface area contributed by atoms with Crippen molar-refractivity contribution in [3.63, 3.8) is 0 Å². The van der Waals surface area contributed by atoms with E-state index < -0.39 is 16.9 Å².